The lowest BCUT2D eigenvalue weighted by Gasteiger charge is -2.32. The number of halogens is 3. The summed E-state index contributed by atoms with van der Waals surface area (Å²) in [5.74, 6) is -0.550. The molecule has 0 unspecified atom stereocenters. The van der Waals surface area contributed by atoms with E-state index in [2.05, 4.69) is 11.9 Å². The number of carbonyl (C=O) groups excluding carboxylic acids is 1. The molecule has 1 aromatic carbocycles. The van der Waals surface area contributed by atoms with Crippen LogP contribution in [0.3, 0.4) is 0 Å². The summed E-state index contributed by atoms with van der Waals surface area (Å²) < 4.78 is 39.7. The summed E-state index contributed by atoms with van der Waals surface area (Å²) in [5.41, 5.74) is -1.48. The number of nitrogens with one attached hydrogen (secondary N) is 1. The van der Waals surface area contributed by atoms with Gasteiger partial charge in [0.2, 0.25) is 0 Å². The first-order chi connectivity index (χ1) is 12.3. The standard InChI is InChI=1S/C17H15F3N4OS/c1-10-15(25)24(16(26)23(10)12-4-6-22-7-5-12)13-3-2-11(9-21)14(8-13)17(18,19)20/h2-3,8,12,22H,1,4-7H2. The average molecular weight is 380 g/mol. The fourth-order valence-corrected chi connectivity index (χ4v) is 3.66. The Bertz CT molecular complexity index is 824. The van der Waals surface area contributed by atoms with Crippen molar-refractivity contribution in [3.63, 3.8) is 0 Å². The Morgan fingerprint density at radius 1 is 1.31 bits per heavy atom. The topological polar surface area (TPSA) is 59.4 Å². The molecule has 3 rings (SSSR count). The summed E-state index contributed by atoms with van der Waals surface area (Å²) in [6.07, 6.45) is -3.21. The second-order valence-corrected chi connectivity index (χ2v) is 6.43. The predicted molar refractivity (Wildman–Crippen MR) is 93.1 cm³/mol. The Morgan fingerprint density at radius 2 is 1.96 bits per heavy atom. The van der Waals surface area contributed by atoms with Gasteiger partial charge in [-0.2, -0.15) is 18.4 Å². The van der Waals surface area contributed by atoms with Gasteiger partial charge in [-0.25, -0.2) is 0 Å². The van der Waals surface area contributed by atoms with Crippen molar-refractivity contribution in [1.82, 2.24) is 10.2 Å². The molecular weight excluding hydrogens is 365 g/mol. The van der Waals surface area contributed by atoms with Crippen molar-refractivity contribution in [2.45, 2.75) is 25.1 Å². The average Bonchev–Trinajstić information content (AvgIpc) is 2.83. The molecule has 26 heavy (non-hydrogen) atoms. The van der Waals surface area contributed by atoms with Gasteiger partial charge >= 0.3 is 6.18 Å². The third kappa shape index (κ3) is 3.06. The predicted octanol–water partition coefficient (Wildman–Crippen LogP) is 2.78. The summed E-state index contributed by atoms with van der Waals surface area (Å²) in [4.78, 5) is 15.3. The summed E-state index contributed by atoms with van der Waals surface area (Å²) in [7, 11) is 0. The Kier molecular flexibility index (Phi) is 4.73. The van der Waals surface area contributed by atoms with Gasteiger partial charge in [0.1, 0.15) is 5.70 Å². The van der Waals surface area contributed by atoms with E-state index in [0.29, 0.717) is 0 Å². The molecule has 9 heteroatoms. The van der Waals surface area contributed by atoms with Crippen molar-refractivity contribution in [1.29, 1.82) is 5.26 Å². The van der Waals surface area contributed by atoms with Crippen molar-refractivity contribution in [2.75, 3.05) is 18.0 Å². The van der Waals surface area contributed by atoms with Gasteiger partial charge in [-0.1, -0.05) is 6.58 Å². The largest absolute Gasteiger partial charge is 0.417 e. The molecule has 5 nitrogen and oxygen atoms in total. The van der Waals surface area contributed by atoms with Gasteiger partial charge in [0.25, 0.3) is 5.91 Å². The highest BCUT2D eigenvalue weighted by Crippen LogP contribution is 2.37. The fraction of sp³-hybridized carbons (Fsp3) is 0.353. The highest BCUT2D eigenvalue weighted by Gasteiger charge is 2.42. The van der Waals surface area contributed by atoms with Gasteiger partial charge in [0, 0.05) is 6.04 Å². The van der Waals surface area contributed by atoms with Gasteiger partial charge in [0.05, 0.1) is 22.9 Å². The minimum Gasteiger partial charge on any atom is -0.317 e. The number of benzene rings is 1. The van der Waals surface area contributed by atoms with Gasteiger partial charge in [0.15, 0.2) is 5.11 Å². The molecule has 0 aromatic heterocycles. The van der Waals surface area contributed by atoms with Crippen molar-refractivity contribution < 1.29 is 18.0 Å². The Morgan fingerprint density at radius 3 is 2.54 bits per heavy atom. The maximum absolute atomic E-state index is 13.2. The van der Waals surface area contributed by atoms with Gasteiger partial charge in [-0.15, -0.1) is 0 Å². The number of hydrogen-bond acceptors (Lipinski definition) is 4. The second-order valence-electron chi connectivity index (χ2n) is 6.06. The van der Waals surface area contributed by atoms with E-state index in [9.17, 15) is 18.0 Å². The number of rotatable bonds is 2. The molecule has 1 N–H and O–H groups in total. The summed E-state index contributed by atoms with van der Waals surface area (Å²) in [6, 6.07) is 4.61. The summed E-state index contributed by atoms with van der Waals surface area (Å²) in [5, 5.41) is 12.2. The van der Waals surface area contributed by atoms with Crippen LogP contribution in [0.15, 0.2) is 30.5 Å². The summed E-state index contributed by atoms with van der Waals surface area (Å²) in [6.45, 7) is 5.30. The molecule has 2 saturated heterocycles. The van der Waals surface area contributed by atoms with Crippen LogP contribution in [0.5, 0.6) is 0 Å². The minimum absolute atomic E-state index is 0.0225. The maximum atomic E-state index is 13.2. The third-order valence-corrected chi connectivity index (χ3v) is 4.88. The molecule has 136 valence electrons. The van der Waals surface area contributed by atoms with E-state index in [1.165, 1.54) is 12.1 Å². The minimum atomic E-state index is -4.71. The van der Waals surface area contributed by atoms with Gasteiger partial charge in [-0.3, -0.25) is 9.69 Å². The molecule has 0 saturated carbocycles. The maximum Gasteiger partial charge on any atom is 0.417 e. The van der Waals surface area contributed by atoms with Gasteiger partial charge < -0.3 is 10.2 Å². The van der Waals surface area contributed by atoms with E-state index >= 15 is 0 Å². The third-order valence-electron chi connectivity index (χ3n) is 4.50. The van der Waals surface area contributed by atoms with Crippen LogP contribution in [0.2, 0.25) is 0 Å². The monoisotopic (exact) mass is 380 g/mol. The molecule has 2 aliphatic heterocycles. The lowest BCUT2D eigenvalue weighted by atomic mass is 10.1. The van der Waals surface area contributed by atoms with Gasteiger partial charge in [-0.05, 0) is 56.3 Å². The number of alkyl halides is 3. The molecule has 1 amide bonds. The van der Waals surface area contributed by atoms with E-state index < -0.39 is 23.2 Å². The SMILES string of the molecule is C=C1C(=O)N(c2ccc(C#N)c(C(F)(F)F)c2)C(=S)N1C1CCNCC1. The highest BCUT2D eigenvalue weighted by atomic mass is 32.1. The highest BCUT2D eigenvalue weighted by molar-refractivity contribution is 7.80. The first kappa shape index (κ1) is 18.4. The van der Waals surface area contributed by atoms with E-state index in [1.54, 1.807) is 4.90 Å². The molecular formula is C17H15F3N4OS. The van der Waals surface area contributed by atoms with Crippen LogP contribution in [-0.4, -0.2) is 35.1 Å². The van der Waals surface area contributed by atoms with Crippen LogP contribution in [0.4, 0.5) is 18.9 Å². The lowest BCUT2D eigenvalue weighted by Crippen LogP contribution is -2.44. The number of hydrogen-bond donors (Lipinski definition) is 1. The fourth-order valence-electron chi connectivity index (χ4n) is 3.21. The normalized spacial score (nSPS) is 19.2. The number of nitrogens with zero attached hydrogens (tertiary/aromatic N) is 3. The quantitative estimate of drug-likeness (QED) is 0.632. The van der Waals surface area contributed by atoms with Crippen molar-refractivity contribution in [3.05, 3.63) is 41.6 Å². The van der Waals surface area contributed by atoms with Crippen LogP contribution in [0.25, 0.3) is 0 Å². The number of anilines is 1. The number of carbonyl (C=O) groups is 1. The molecule has 0 radical (unpaired) electrons. The second kappa shape index (κ2) is 6.70. The molecule has 2 heterocycles. The zero-order chi connectivity index (χ0) is 19.1. The number of piperidine rings is 1. The van der Waals surface area contributed by atoms with Crippen LogP contribution in [0, 0.1) is 11.3 Å². The number of amides is 1. The van der Waals surface area contributed by atoms with Crippen molar-refractivity contribution in [3.8, 4) is 6.07 Å². The van der Waals surface area contributed by atoms with E-state index in [-0.39, 0.29) is 22.5 Å². The zero-order valence-electron chi connectivity index (χ0n) is 13.6. The molecule has 1 aromatic rings. The van der Waals surface area contributed by atoms with Crippen LogP contribution in [0.1, 0.15) is 24.0 Å². The van der Waals surface area contributed by atoms with Crippen LogP contribution < -0.4 is 10.2 Å². The smallest absolute Gasteiger partial charge is 0.317 e. The number of nitriles is 1. The Labute approximate surface area is 153 Å². The molecule has 0 bridgehead atoms. The molecule has 0 spiro atoms. The van der Waals surface area contributed by atoms with E-state index in [4.69, 9.17) is 17.5 Å². The Balaban J connectivity index is 1.99. The molecule has 0 atom stereocenters. The zero-order valence-corrected chi connectivity index (χ0v) is 14.5. The van der Waals surface area contributed by atoms with E-state index in [0.717, 1.165) is 43.0 Å². The molecule has 2 aliphatic rings. The number of thiocarbonyl (C=S) groups is 1. The van der Waals surface area contributed by atoms with Crippen LogP contribution >= 0.6 is 12.2 Å². The molecule has 2 fully saturated rings. The van der Waals surface area contributed by atoms with E-state index in [1.807, 2.05) is 0 Å². The van der Waals surface area contributed by atoms with Crippen LogP contribution in [-0.2, 0) is 11.0 Å². The van der Waals surface area contributed by atoms with Crippen molar-refractivity contribution in [2.24, 2.45) is 0 Å². The molecule has 0 aliphatic carbocycles. The Hall–Kier alpha value is -2.44. The lowest BCUT2D eigenvalue weighted by molar-refractivity contribution is -0.137. The first-order valence-corrected chi connectivity index (χ1v) is 8.35. The summed E-state index contributed by atoms with van der Waals surface area (Å²) >= 11 is 5.38. The first-order valence-electron chi connectivity index (χ1n) is 7.94. The van der Waals surface area contributed by atoms with Crippen molar-refractivity contribution >= 4 is 28.9 Å².